The number of nitrogens with one attached hydrogen (secondary N) is 1. The molecule has 0 rings (SSSR count). The Balaban J connectivity index is 3.50. The SMILES string of the molecule is CC(C)C(C)SC(=N)N. The zero-order valence-corrected chi connectivity index (χ0v) is 6.96. The lowest BCUT2D eigenvalue weighted by atomic mass is 10.2. The van der Waals surface area contributed by atoms with E-state index in [4.69, 9.17) is 11.1 Å². The van der Waals surface area contributed by atoms with Crippen LogP contribution >= 0.6 is 11.8 Å². The van der Waals surface area contributed by atoms with Crippen molar-refractivity contribution in [2.24, 2.45) is 11.7 Å². The van der Waals surface area contributed by atoms with Crippen LogP contribution in [0.5, 0.6) is 0 Å². The number of rotatable bonds is 2. The predicted octanol–water partition coefficient (Wildman–Crippen LogP) is 1.66. The molecule has 3 N–H and O–H groups in total. The second-order valence-electron chi connectivity index (χ2n) is 2.43. The van der Waals surface area contributed by atoms with Gasteiger partial charge in [-0.3, -0.25) is 5.41 Å². The van der Waals surface area contributed by atoms with E-state index in [1.807, 2.05) is 0 Å². The molecule has 0 radical (unpaired) electrons. The van der Waals surface area contributed by atoms with Crippen molar-refractivity contribution in [3.05, 3.63) is 0 Å². The smallest absolute Gasteiger partial charge is 0.151 e. The topological polar surface area (TPSA) is 49.9 Å². The van der Waals surface area contributed by atoms with E-state index in [0.29, 0.717) is 11.2 Å². The van der Waals surface area contributed by atoms with Gasteiger partial charge < -0.3 is 5.73 Å². The van der Waals surface area contributed by atoms with E-state index in [1.54, 1.807) is 0 Å². The van der Waals surface area contributed by atoms with Crippen LogP contribution in [-0.4, -0.2) is 10.4 Å². The lowest BCUT2D eigenvalue weighted by Crippen LogP contribution is -2.14. The van der Waals surface area contributed by atoms with Crippen molar-refractivity contribution >= 4 is 16.9 Å². The summed E-state index contributed by atoms with van der Waals surface area (Å²) < 4.78 is 0. The molecule has 1 atom stereocenters. The second-order valence-corrected chi connectivity index (χ2v) is 3.85. The molecule has 0 aromatic heterocycles. The molecule has 0 saturated heterocycles. The normalized spacial score (nSPS) is 13.8. The molecule has 0 saturated carbocycles. The Morgan fingerprint density at radius 3 is 2.00 bits per heavy atom. The van der Waals surface area contributed by atoms with E-state index in [9.17, 15) is 0 Å². The van der Waals surface area contributed by atoms with Crippen LogP contribution in [0.2, 0.25) is 0 Å². The fourth-order valence-electron chi connectivity index (χ4n) is 0.336. The van der Waals surface area contributed by atoms with Gasteiger partial charge in [0.25, 0.3) is 0 Å². The van der Waals surface area contributed by atoms with E-state index < -0.39 is 0 Å². The number of hydrogen-bond acceptors (Lipinski definition) is 2. The second kappa shape index (κ2) is 3.77. The molecule has 9 heavy (non-hydrogen) atoms. The van der Waals surface area contributed by atoms with Gasteiger partial charge in [0.2, 0.25) is 0 Å². The van der Waals surface area contributed by atoms with Crippen molar-refractivity contribution in [1.29, 1.82) is 5.41 Å². The quantitative estimate of drug-likeness (QED) is 0.460. The Kier molecular flexibility index (Phi) is 3.70. The van der Waals surface area contributed by atoms with Gasteiger partial charge >= 0.3 is 0 Å². The van der Waals surface area contributed by atoms with Crippen LogP contribution in [-0.2, 0) is 0 Å². The summed E-state index contributed by atoms with van der Waals surface area (Å²) in [5, 5.41) is 7.64. The molecule has 3 heteroatoms. The summed E-state index contributed by atoms with van der Waals surface area (Å²) in [5.74, 6) is 0.596. The van der Waals surface area contributed by atoms with Crippen LogP contribution in [0.15, 0.2) is 0 Å². The summed E-state index contributed by atoms with van der Waals surface area (Å²) in [6.07, 6.45) is 0. The number of amidine groups is 1. The molecule has 0 aliphatic carbocycles. The first-order chi connectivity index (χ1) is 4.04. The van der Waals surface area contributed by atoms with E-state index in [-0.39, 0.29) is 5.17 Å². The van der Waals surface area contributed by atoms with Gasteiger partial charge in [0.05, 0.1) is 0 Å². The minimum Gasteiger partial charge on any atom is -0.379 e. The van der Waals surface area contributed by atoms with Crippen molar-refractivity contribution < 1.29 is 0 Å². The number of thioether (sulfide) groups is 1. The Labute approximate surface area is 60.7 Å². The molecule has 0 spiro atoms. The van der Waals surface area contributed by atoms with Gasteiger partial charge in [-0.2, -0.15) is 0 Å². The summed E-state index contributed by atoms with van der Waals surface area (Å²) in [6.45, 7) is 6.33. The first kappa shape index (κ1) is 8.82. The summed E-state index contributed by atoms with van der Waals surface area (Å²) >= 11 is 1.42. The molecule has 0 fully saturated rings. The highest BCUT2D eigenvalue weighted by Crippen LogP contribution is 2.17. The van der Waals surface area contributed by atoms with Crippen molar-refractivity contribution in [3.63, 3.8) is 0 Å². The van der Waals surface area contributed by atoms with Gasteiger partial charge in [-0.25, -0.2) is 0 Å². The molecule has 0 aliphatic rings. The number of hydrogen-bond donors (Lipinski definition) is 2. The van der Waals surface area contributed by atoms with Gasteiger partial charge in [-0.1, -0.05) is 32.5 Å². The predicted molar refractivity (Wildman–Crippen MR) is 43.8 cm³/mol. The number of nitrogens with two attached hydrogens (primary N) is 1. The van der Waals surface area contributed by atoms with Gasteiger partial charge in [0, 0.05) is 5.25 Å². The summed E-state index contributed by atoms with van der Waals surface area (Å²) in [5.41, 5.74) is 5.18. The largest absolute Gasteiger partial charge is 0.379 e. The van der Waals surface area contributed by atoms with Crippen LogP contribution in [0.1, 0.15) is 20.8 Å². The van der Waals surface area contributed by atoms with E-state index in [1.165, 1.54) is 11.8 Å². The third-order valence-corrected chi connectivity index (χ3v) is 2.42. The maximum atomic E-state index is 6.96. The standard InChI is InChI=1S/C6H14N2S/c1-4(2)5(3)9-6(7)8/h4-5H,1-3H3,(H3,7,8). The Bertz CT molecular complexity index is 101. The Morgan fingerprint density at radius 2 is 1.89 bits per heavy atom. The summed E-state index contributed by atoms with van der Waals surface area (Å²) in [4.78, 5) is 0. The summed E-state index contributed by atoms with van der Waals surface area (Å²) in [6, 6.07) is 0. The van der Waals surface area contributed by atoms with Gasteiger partial charge in [0.1, 0.15) is 0 Å². The Morgan fingerprint density at radius 1 is 1.44 bits per heavy atom. The molecular formula is C6H14N2S. The maximum Gasteiger partial charge on any atom is 0.151 e. The Hall–Kier alpha value is -0.180. The molecule has 1 unspecified atom stereocenters. The molecular weight excluding hydrogens is 132 g/mol. The molecule has 0 heterocycles. The van der Waals surface area contributed by atoms with Gasteiger partial charge in [0.15, 0.2) is 5.17 Å². The van der Waals surface area contributed by atoms with Gasteiger partial charge in [-0.05, 0) is 5.92 Å². The first-order valence-corrected chi connectivity index (χ1v) is 3.92. The highest BCUT2D eigenvalue weighted by Gasteiger charge is 2.07. The monoisotopic (exact) mass is 146 g/mol. The highest BCUT2D eigenvalue weighted by molar-refractivity contribution is 8.14. The highest BCUT2D eigenvalue weighted by atomic mass is 32.2. The summed E-state index contributed by atoms with van der Waals surface area (Å²) in [7, 11) is 0. The van der Waals surface area contributed by atoms with Crippen molar-refractivity contribution in [2.75, 3.05) is 0 Å². The minimum atomic E-state index is 0.219. The fraction of sp³-hybridized carbons (Fsp3) is 0.833. The van der Waals surface area contributed by atoms with Crippen molar-refractivity contribution in [2.45, 2.75) is 26.0 Å². The van der Waals surface area contributed by atoms with E-state index in [0.717, 1.165) is 0 Å². The molecule has 0 bridgehead atoms. The molecule has 54 valence electrons. The van der Waals surface area contributed by atoms with Crippen LogP contribution in [0, 0.1) is 11.3 Å². The third-order valence-electron chi connectivity index (χ3n) is 1.25. The van der Waals surface area contributed by atoms with Gasteiger partial charge in [-0.15, -0.1) is 0 Å². The zero-order chi connectivity index (χ0) is 7.44. The minimum absolute atomic E-state index is 0.219. The molecule has 0 aromatic rings. The van der Waals surface area contributed by atoms with Crippen molar-refractivity contribution in [1.82, 2.24) is 0 Å². The molecule has 0 aromatic carbocycles. The lowest BCUT2D eigenvalue weighted by molar-refractivity contribution is 0.644. The molecule has 0 aliphatic heterocycles. The first-order valence-electron chi connectivity index (χ1n) is 3.04. The van der Waals surface area contributed by atoms with Crippen LogP contribution in [0.3, 0.4) is 0 Å². The molecule has 2 nitrogen and oxygen atoms in total. The maximum absolute atomic E-state index is 6.96. The van der Waals surface area contributed by atoms with Crippen molar-refractivity contribution in [3.8, 4) is 0 Å². The lowest BCUT2D eigenvalue weighted by Gasteiger charge is -2.12. The average Bonchev–Trinajstić information content (AvgIpc) is 1.63. The average molecular weight is 146 g/mol. The van der Waals surface area contributed by atoms with Crippen LogP contribution in [0.25, 0.3) is 0 Å². The third kappa shape index (κ3) is 4.33. The van der Waals surface area contributed by atoms with Crippen LogP contribution in [0.4, 0.5) is 0 Å². The van der Waals surface area contributed by atoms with E-state index in [2.05, 4.69) is 20.8 Å². The molecule has 0 amide bonds. The van der Waals surface area contributed by atoms with Crippen LogP contribution < -0.4 is 5.73 Å². The zero-order valence-electron chi connectivity index (χ0n) is 6.14. The fourth-order valence-corrected chi connectivity index (χ4v) is 1.01. The van der Waals surface area contributed by atoms with E-state index >= 15 is 0 Å².